The van der Waals surface area contributed by atoms with Gasteiger partial charge in [0.15, 0.2) is 0 Å². The van der Waals surface area contributed by atoms with Crippen molar-refractivity contribution in [2.45, 2.75) is 26.3 Å². The summed E-state index contributed by atoms with van der Waals surface area (Å²) in [7, 11) is 0. The molecule has 0 unspecified atom stereocenters. The van der Waals surface area contributed by atoms with Gasteiger partial charge in [-0.05, 0) is 37.0 Å². The van der Waals surface area contributed by atoms with Crippen LogP contribution in [0.5, 0.6) is 0 Å². The van der Waals surface area contributed by atoms with E-state index in [1.165, 1.54) is 41.9 Å². The first-order valence-corrected chi connectivity index (χ1v) is 9.56. The van der Waals surface area contributed by atoms with Gasteiger partial charge in [0, 0.05) is 57.7 Å². The lowest BCUT2D eigenvalue weighted by atomic mass is 10.1. The van der Waals surface area contributed by atoms with E-state index >= 15 is 0 Å². The van der Waals surface area contributed by atoms with Gasteiger partial charge in [-0.25, -0.2) is 4.79 Å². The molecular weight excluding hydrogens is 326 g/mol. The standard InChI is InChI=1S/C20H27N5O/c1-17-14-21-25(15-17)20(26)24-12-10-22(11-13-24)16-18-6-2-3-7-19(18)23-8-4-5-9-23/h2-3,6-7,14-15H,4-5,8-13,16H2,1H3. The highest BCUT2D eigenvalue weighted by atomic mass is 16.2. The Morgan fingerprint density at radius 2 is 1.77 bits per heavy atom. The molecule has 0 spiro atoms. The van der Waals surface area contributed by atoms with Gasteiger partial charge in [-0.3, -0.25) is 4.90 Å². The third-order valence-corrected chi connectivity index (χ3v) is 5.38. The van der Waals surface area contributed by atoms with Crippen LogP contribution in [0.4, 0.5) is 10.5 Å². The van der Waals surface area contributed by atoms with E-state index in [1.54, 1.807) is 12.4 Å². The summed E-state index contributed by atoms with van der Waals surface area (Å²) in [5, 5.41) is 4.14. The van der Waals surface area contributed by atoms with Crippen LogP contribution in [0.15, 0.2) is 36.7 Å². The summed E-state index contributed by atoms with van der Waals surface area (Å²) in [6.45, 7) is 8.56. The highest BCUT2D eigenvalue weighted by Gasteiger charge is 2.24. The van der Waals surface area contributed by atoms with E-state index in [4.69, 9.17) is 0 Å². The fourth-order valence-electron chi connectivity index (χ4n) is 3.91. The van der Waals surface area contributed by atoms with Crippen molar-refractivity contribution in [3.05, 3.63) is 47.8 Å². The van der Waals surface area contributed by atoms with Crippen molar-refractivity contribution in [1.82, 2.24) is 19.6 Å². The molecule has 2 aromatic rings. The van der Waals surface area contributed by atoms with E-state index in [0.717, 1.165) is 38.3 Å². The zero-order valence-electron chi connectivity index (χ0n) is 15.5. The van der Waals surface area contributed by atoms with E-state index in [2.05, 4.69) is 39.2 Å². The molecule has 1 amide bonds. The number of amides is 1. The molecule has 0 atom stereocenters. The molecular formula is C20H27N5O. The van der Waals surface area contributed by atoms with Crippen LogP contribution < -0.4 is 4.90 Å². The van der Waals surface area contributed by atoms with Crippen molar-refractivity contribution >= 4 is 11.7 Å². The van der Waals surface area contributed by atoms with E-state index < -0.39 is 0 Å². The van der Waals surface area contributed by atoms with Gasteiger partial charge in [0.25, 0.3) is 0 Å². The predicted octanol–water partition coefficient (Wildman–Crippen LogP) is 2.58. The Morgan fingerprint density at radius 3 is 2.46 bits per heavy atom. The van der Waals surface area contributed by atoms with Gasteiger partial charge in [-0.15, -0.1) is 0 Å². The molecule has 2 aliphatic rings. The normalized spacial score (nSPS) is 18.5. The highest BCUT2D eigenvalue weighted by Crippen LogP contribution is 2.26. The summed E-state index contributed by atoms with van der Waals surface area (Å²) >= 11 is 0. The second-order valence-electron chi connectivity index (χ2n) is 7.33. The summed E-state index contributed by atoms with van der Waals surface area (Å²) in [6, 6.07) is 8.75. The van der Waals surface area contributed by atoms with Crippen LogP contribution in [0.2, 0.25) is 0 Å². The first-order valence-electron chi connectivity index (χ1n) is 9.56. The molecule has 0 radical (unpaired) electrons. The van der Waals surface area contributed by atoms with Crippen LogP contribution in [-0.4, -0.2) is 64.9 Å². The van der Waals surface area contributed by atoms with Crippen LogP contribution in [-0.2, 0) is 6.54 Å². The molecule has 26 heavy (non-hydrogen) atoms. The molecule has 0 bridgehead atoms. The fourth-order valence-corrected chi connectivity index (χ4v) is 3.91. The third kappa shape index (κ3) is 3.60. The Bertz CT molecular complexity index is 757. The molecule has 2 aliphatic heterocycles. The second-order valence-corrected chi connectivity index (χ2v) is 7.33. The monoisotopic (exact) mass is 353 g/mol. The minimum Gasteiger partial charge on any atom is -0.371 e. The number of piperazine rings is 1. The summed E-state index contributed by atoms with van der Waals surface area (Å²) < 4.78 is 1.45. The molecule has 1 aromatic carbocycles. The lowest BCUT2D eigenvalue weighted by Crippen LogP contribution is -2.49. The predicted molar refractivity (Wildman–Crippen MR) is 102 cm³/mol. The molecule has 2 saturated heterocycles. The Balaban J connectivity index is 1.36. The first-order chi connectivity index (χ1) is 12.7. The van der Waals surface area contributed by atoms with Crippen LogP contribution in [0.1, 0.15) is 24.0 Å². The average Bonchev–Trinajstić information content (AvgIpc) is 3.34. The summed E-state index contributed by atoms with van der Waals surface area (Å²) in [4.78, 5) is 19.4. The fraction of sp³-hybridized carbons (Fsp3) is 0.500. The minimum atomic E-state index is -0.0183. The van der Waals surface area contributed by atoms with Crippen LogP contribution in [0.3, 0.4) is 0 Å². The molecule has 0 aliphatic carbocycles. The van der Waals surface area contributed by atoms with Gasteiger partial charge in [0.2, 0.25) is 0 Å². The van der Waals surface area contributed by atoms with Crippen molar-refractivity contribution in [2.75, 3.05) is 44.2 Å². The number of benzene rings is 1. The number of aryl methyl sites for hydroxylation is 1. The van der Waals surface area contributed by atoms with Crippen molar-refractivity contribution in [3.63, 3.8) is 0 Å². The Labute approximate surface area is 155 Å². The Morgan fingerprint density at radius 1 is 1.04 bits per heavy atom. The number of anilines is 1. The first kappa shape index (κ1) is 17.1. The second kappa shape index (κ2) is 7.50. The topological polar surface area (TPSA) is 44.6 Å². The van der Waals surface area contributed by atoms with E-state index in [-0.39, 0.29) is 6.03 Å². The van der Waals surface area contributed by atoms with E-state index in [0.29, 0.717) is 0 Å². The van der Waals surface area contributed by atoms with Gasteiger partial charge in [0.05, 0.1) is 6.20 Å². The van der Waals surface area contributed by atoms with E-state index in [1.807, 2.05) is 11.8 Å². The zero-order valence-corrected chi connectivity index (χ0v) is 15.5. The number of nitrogens with zero attached hydrogens (tertiary/aromatic N) is 5. The quantitative estimate of drug-likeness (QED) is 0.851. The number of carbonyl (C=O) groups excluding carboxylic acids is 1. The number of rotatable bonds is 3. The Kier molecular flexibility index (Phi) is 4.93. The number of aromatic nitrogens is 2. The van der Waals surface area contributed by atoms with Crippen molar-refractivity contribution in [3.8, 4) is 0 Å². The van der Waals surface area contributed by atoms with Gasteiger partial charge in [-0.2, -0.15) is 9.78 Å². The van der Waals surface area contributed by atoms with Gasteiger partial charge in [0.1, 0.15) is 0 Å². The van der Waals surface area contributed by atoms with Crippen LogP contribution >= 0.6 is 0 Å². The molecule has 4 rings (SSSR count). The molecule has 1 aromatic heterocycles. The molecule has 0 saturated carbocycles. The maximum Gasteiger partial charge on any atom is 0.344 e. The number of para-hydroxylation sites is 1. The number of carbonyl (C=O) groups is 1. The molecule has 0 N–H and O–H groups in total. The van der Waals surface area contributed by atoms with E-state index in [9.17, 15) is 4.79 Å². The molecule has 3 heterocycles. The van der Waals surface area contributed by atoms with Crippen LogP contribution in [0, 0.1) is 6.92 Å². The number of hydrogen-bond acceptors (Lipinski definition) is 4. The SMILES string of the molecule is Cc1cnn(C(=O)N2CCN(Cc3ccccc3N3CCCC3)CC2)c1. The van der Waals surface area contributed by atoms with Gasteiger partial charge < -0.3 is 9.80 Å². The summed E-state index contributed by atoms with van der Waals surface area (Å²) in [5.74, 6) is 0. The molecule has 6 heteroatoms. The maximum atomic E-state index is 12.5. The maximum absolute atomic E-state index is 12.5. The van der Waals surface area contributed by atoms with Crippen molar-refractivity contribution < 1.29 is 4.79 Å². The largest absolute Gasteiger partial charge is 0.371 e. The van der Waals surface area contributed by atoms with Crippen LogP contribution in [0.25, 0.3) is 0 Å². The minimum absolute atomic E-state index is 0.0183. The van der Waals surface area contributed by atoms with Crippen molar-refractivity contribution in [1.29, 1.82) is 0 Å². The molecule has 138 valence electrons. The average molecular weight is 353 g/mol. The molecule has 6 nitrogen and oxygen atoms in total. The lowest BCUT2D eigenvalue weighted by Gasteiger charge is -2.35. The number of hydrogen-bond donors (Lipinski definition) is 0. The summed E-state index contributed by atoms with van der Waals surface area (Å²) in [5.41, 5.74) is 3.79. The lowest BCUT2D eigenvalue weighted by molar-refractivity contribution is 0.134. The van der Waals surface area contributed by atoms with Crippen molar-refractivity contribution in [2.24, 2.45) is 0 Å². The highest BCUT2D eigenvalue weighted by molar-refractivity contribution is 5.76. The third-order valence-electron chi connectivity index (χ3n) is 5.38. The molecule has 2 fully saturated rings. The smallest absolute Gasteiger partial charge is 0.344 e. The zero-order chi connectivity index (χ0) is 17.9. The Hall–Kier alpha value is -2.34. The van der Waals surface area contributed by atoms with Gasteiger partial charge >= 0.3 is 6.03 Å². The summed E-state index contributed by atoms with van der Waals surface area (Å²) in [6.07, 6.45) is 6.11. The van der Waals surface area contributed by atoms with Gasteiger partial charge in [-0.1, -0.05) is 18.2 Å².